The summed E-state index contributed by atoms with van der Waals surface area (Å²) in [6.07, 6.45) is 4.83. The average molecular weight is 424 g/mol. The predicted octanol–water partition coefficient (Wildman–Crippen LogP) is 1.56. The van der Waals surface area contributed by atoms with Crippen LogP contribution in [-0.4, -0.2) is 82.1 Å². The van der Waals surface area contributed by atoms with Crippen molar-refractivity contribution in [2.24, 2.45) is 12.0 Å². The molecule has 1 aliphatic heterocycles. The summed E-state index contributed by atoms with van der Waals surface area (Å²) in [6.45, 7) is 10.6. The van der Waals surface area contributed by atoms with Crippen LogP contribution in [0.5, 0.6) is 0 Å². The van der Waals surface area contributed by atoms with Crippen molar-refractivity contribution in [1.82, 2.24) is 30.3 Å². The van der Waals surface area contributed by atoms with E-state index in [1.54, 1.807) is 0 Å². The Kier molecular flexibility index (Phi) is 9.07. The largest absolute Gasteiger partial charge is 0.379 e. The summed E-state index contributed by atoms with van der Waals surface area (Å²) in [6, 6.07) is 0.505. The highest BCUT2D eigenvalue weighted by atomic mass is 32.2. The highest BCUT2D eigenvalue weighted by molar-refractivity contribution is 7.99. The van der Waals surface area contributed by atoms with Crippen LogP contribution < -0.4 is 10.6 Å². The van der Waals surface area contributed by atoms with E-state index < -0.39 is 0 Å². The Hall–Kier alpha value is -1.32. The monoisotopic (exact) mass is 423 g/mol. The molecule has 0 radical (unpaired) electrons. The molecular formula is C20H37N7OS. The van der Waals surface area contributed by atoms with Crippen LogP contribution >= 0.6 is 11.8 Å². The SMILES string of the molecule is CCSC1CCC(NC(=NCc2nnc(C)n2C)NCCCN2CCOCC2)C1. The molecular weight excluding hydrogens is 386 g/mol. The molecule has 0 amide bonds. The van der Waals surface area contributed by atoms with Crippen molar-refractivity contribution in [3.8, 4) is 0 Å². The molecule has 2 aliphatic rings. The molecule has 2 heterocycles. The fraction of sp³-hybridized carbons (Fsp3) is 0.850. The molecule has 2 N–H and O–H groups in total. The van der Waals surface area contributed by atoms with Crippen molar-refractivity contribution in [3.05, 3.63) is 11.6 Å². The van der Waals surface area contributed by atoms with E-state index in [1.165, 1.54) is 25.0 Å². The molecule has 1 aliphatic carbocycles. The molecule has 1 aromatic heterocycles. The van der Waals surface area contributed by atoms with Gasteiger partial charge in [-0.2, -0.15) is 11.8 Å². The average Bonchev–Trinajstić information content (AvgIpc) is 3.31. The van der Waals surface area contributed by atoms with Gasteiger partial charge in [0.05, 0.1) is 13.2 Å². The van der Waals surface area contributed by atoms with Gasteiger partial charge in [0.2, 0.25) is 0 Å². The van der Waals surface area contributed by atoms with Crippen LogP contribution in [0.2, 0.25) is 0 Å². The summed E-state index contributed by atoms with van der Waals surface area (Å²) in [5.41, 5.74) is 0. The Bertz CT molecular complexity index is 645. The van der Waals surface area contributed by atoms with E-state index in [-0.39, 0.29) is 0 Å². The summed E-state index contributed by atoms with van der Waals surface area (Å²) >= 11 is 2.08. The second-order valence-corrected chi connectivity index (χ2v) is 9.43. The molecule has 8 nitrogen and oxygen atoms in total. The second-order valence-electron chi connectivity index (χ2n) is 7.85. The first-order valence-corrected chi connectivity index (χ1v) is 12.0. The molecule has 0 bridgehead atoms. The molecule has 1 saturated heterocycles. The zero-order valence-corrected chi connectivity index (χ0v) is 19.0. The highest BCUT2D eigenvalue weighted by Crippen LogP contribution is 2.29. The van der Waals surface area contributed by atoms with E-state index in [1.807, 2.05) is 18.5 Å². The maximum absolute atomic E-state index is 5.43. The van der Waals surface area contributed by atoms with E-state index in [0.29, 0.717) is 12.6 Å². The van der Waals surface area contributed by atoms with Gasteiger partial charge in [-0.05, 0) is 44.9 Å². The number of nitrogens with one attached hydrogen (secondary N) is 2. The molecule has 0 spiro atoms. The van der Waals surface area contributed by atoms with Crippen molar-refractivity contribution in [1.29, 1.82) is 0 Å². The van der Waals surface area contributed by atoms with Crippen LogP contribution in [0, 0.1) is 6.92 Å². The predicted molar refractivity (Wildman–Crippen MR) is 119 cm³/mol. The number of guanidine groups is 1. The molecule has 3 rings (SSSR count). The number of thioether (sulfide) groups is 1. The second kappa shape index (κ2) is 11.8. The summed E-state index contributed by atoms with van der Waals surface area (Å²) < 4.78 is 7.43. The fourth-order valence-electron chi connectivity index (χ4n) is 3.88. The first-order chi connectivity index (χ1) is 14.2. The van der Waals surface area contributed by atoms with Crippen LogP contribution in [0.4, 0.5) is 0 Å². The van der Waals surface area contributed by atoms with Crippen molar-refractivity contribution in [2.45, 2.75) is 57.4 Å². The number of aliphatic imine (C=N–C) groups is 1. The maximum atomic E-state index is 5.43. The van der Waals surface area contributed by atoms with Crippen molar-refractivity contribution in [2.75, 3.05) is 45.1 Å². The van der Waals surface area contributed by atoms with Gasteiger partial charge in [-0.15, -0.1) is 10.2 Å². The van der Waals surface area contributed by atoms with Gasteiger partial charge in [-0.1, -0.05) is 6.92 Å². The number of rotatable bonds is 9. The fourth-order valence-corrected chi connectivity index (χ4v) is 5.02. The van der Waals surface area contributed by atoms with Gasteiger partial charge in [0.1, 0.15) is 12.4 Å². The van der Waals surface area contributed by atoms with Crippen LogP contribution in [0.25, 0.3) is 0 Å². The van der Waals surface area contributed by atoms with Gasteiger partial charge >= 0.3 is 0 Å². The topological polar surface area (TPSA) is 79.6 Å². The van der Waals surface area contributed by atoms with Crippen LogP contribution in [-0.2, 0) is 18.3 Å². The van der Waals surface area contributed by atoms with Gasteiger partial charge in [0.15, 0.2) is 11.8 Å². The lowest BCUT2D eigenvalue weighted by molar-refractivity contribution is 0.0376. The number of nitrogens with zero attached hydrogens (tertiary/aromatic N) is 5. The number of aryl methyl sites for hydroxylation is 1. The van der Waals surface area contributed by atoms with Gasteiger partial charge in [0.25, 0.3) is 0 Å². The van der Waals surface area contributed by atoms with Gasteiger partial charge in [0, 0.05) is 38.0 Å². The molecule has 1 aromatic rings. The van der Waals surface area contributed by atoms with E-state index >= 15 is 0 Å². The third-order valence-corrected chi connectivity index (χ3v) is 6.97. The van der Waals surface area contributed by atoms with Crippen molar-refractivity contribution in [3.63, 3.8) is 0 Å². The van der Waals surface area contributed by atoms with E-state index in [9.17, 15) is 0 Å². The minimum Gasteiger partial charge on any atom is -0.379 e. The number of aromatic nitrogens is 3. The van der Waals surface area contributed by atoms with Gasteiger partial charge < -0.3 is 19.9 Å². The molecule has 2 atom stereocenters. The third-order valence-electron chi connectivity index (χ3n) is 5.74. The van der Waals surface area contributed by atoms with Gasteiger partial charge in [-0.3, -0.25) is 4.90 Å². The Morgan fingerprint density at radius 2 is 2.10 bits per heavy atom. The van der Waals surface area contributed by atoms with E-state index in [2.05, 4.69) is 44.4 Å². The molecule has 1 saturated carbocycles. The number of ether oxygens (including phenoxy) is 1. The molecule has 0 aromatic carbocycles. The third kappa shape index (κ3) is 7.15. The molecule has 2 unspecified atom stereocenters. The lowest BCUT2D eigenvalue weighted by atomic mass is 10.2. The smallest absolute Gasteiger partial charge is 0.191 e. The zero-order chi connectivity index (χ0) is 20.5. The van der Waals surface area contributed by atoms with Crippen LogP contribution in [0.15, 0.2) is 4.99 Å². The van der Waals surface area contributed by atoms with Crippen LogP contribution in [0.1, 0.15) is 44.3 Å². The quantitative estimate of drug-likeness (QED) is 0.354. The van der Waals surface area contributed by atoms with Crippen molar-refractivity contribution < 1.29 is 4.74 Å². The summed E-state index contributed by atoms with van der Waals surface area (Å²) in [5, 5.41) is 16.4. The normalized spacial score (nSPS) is 23.5. The zero-order valence-electron chi connectivity index (χ0n) is 18.2. The number of hydrogen-bond acceptors (Lipinski definition) is 6. The van der Waals surface area contributed by atoms with Gasteiger partial charge in [-0.25, -0.2) is 4.99 Å². The lowest BCUT2D eigenvalue weighted by Gasteiger charge is -2.26. The summed E-state index contributed by atoms with van der Waals surface area (Å²) in [4.78, 5) is 7.29. The Labute approximate surface area is 179 Å². The molecule has 9 heteroatoms. The van der Waals surface area contributed by atoms with Crippen molar-refractivity contribution >= 4 is 17.7 Å². The first-order valence-electron chi connectivity index (χ1n) is 11.0. The maximum Gasteiger partial charge on any atom is 0.191 e. The lowest BCUT2D eigenvalue weighted by Crippen LogP contribution is -2.44. The number of hydrogen-bond donors (Lipinski definition) is 2. The number of morpholine rings is 1. The first kappa shape index (κ1) is 22.4. The van der Waals surface area contributed by atoms with E-state index in [4.69, 9.17) is 9.73 Å². The summed E-state index contributed by atoms with van der Waals surface area (Å²) in [5.74, 6) is 3.91. The Morgan fingerprint density at radius 1 is 1.28 bits per heavy atom. The Morgan fingerprint density at radius 3 is 2.83 bits per heavy atom. The molecule has 29 heavy (non-hydrogen) atoms. The van der Waals surface area contributed by atoms with E-state index in [0.717, 1.165) is 68.7 Å². The minimum absolute atomic E-state index is 0.505. The molecule has 164 valence electrons. The highest BCUT2D eigenvalue weighted by Gasteiger charge is 2.25. The summed E-state index contributed by atoms with van der Waals surface area (Å²) in [7, 11) is 1.99. The minimum atomic E-state index is 0.505. The van der Waals surface area contributed by atoms with Crippen LogP contribution in [0.3, 0.4) is 0 Å². The Balaban J connectivity index is 1.50. The molecule has 2 fully saturated rings. The standard InChI is InChI=1S/C20H37N7OS/c1-4-29-18-7-6-17(14-18)23-20(22-15-19-25-24-16(2)26(19)3)21-8-5-9-27-10-12-28-13-11-27/h17-18H,4-15H2,1-3H3,(H2,21,22,23).